The second-order valence-corrected chi connectivity index (χ2v) is 4.84. The third-order valence-electron chi connectivity index (χ3n) is 2.87. The van der Waals surface area contributed by atoms with E-state index in [1.54, 1.807) is 0 Å². The predicted molar refractivity (Wildman–Crippen MR) is 57.4 cm³/mol. The number of hydrogen-bond acceptors (Lipinski definition) is 4. The lowest BCUT2D eigenvalue weighted by Gasteiger charge is -2.09. The molecule has 1 fully saturated rings. The maximum atomic E-state index is 5.30. The number of hydrogen-bond donors (Lipinski definition) is 1. The van der Waals surface area contributed by atoms with E-state index in [1.165, 1.54) is 6.42 Å². The molecule has 0 amide bonds. The molecule has 0 radical (unpaired) electrons. The summed E-state index contributed by atoms with van der Waals surface area (Å²) in [6, 6.07) is 0.262. The van der Waals surface area contributed by atoms with E-state index in [1.807, 2.05) is 0 Å². The molecule has 1 aromatic heterocycles. The molecule has 0 aliphatic carbocycles. The van der Waals surface area contributed by atoms with Crippen LogP contribution < -0.4 is 5.32 Å². The van der Waals surface area contributed by atoms with Crippen LogP contribution in [0.5, 0.6) is 0 Å². The van der Waals surface area contributed by atoms with Gasteiger partial charge in [-0.05, 0) is 24.8 Å². The van der Waals surface area contributed by atoms with Crippen LogP contribution >= 0.6 is 0 Å². The summed E-state index contributed by atoms with van der Waals surface area (Å²) < 4.78 is 5.30. The Hall–Kier alpha value is -0.900. The van der Waals surface area contributed by atoms with Gasteiger partial charge in [-0.15, -0.1) is 0 Å². The molecule has 0 spiro atoms. The summed E-state index contributed by atoms with van der Waals surface area (Å²) in [5, 5.41) is 7.40. The standard InChI is InChI=1S/C11H19N3O/c1-7(2)6-9-13-11(15-14-9)10-8(3)4-5-12-10/h7-8,10,12H,4-6H2,1-3H3. The molecular weight excluding hydrogens is 190 g/mol. The molecule has 1 aliphatic rings. The fourth-order valence-corrected chi connectivity index (χ4v) is 2.01. The number of nitrogens with one attached hydrogen (secondary N) is 1. The van der Waals surface area contributed by atoms with E-state index >= 15 is 0 Å². The predicted octanol–water partition coefficient (Wildman–Crippen LogP) is 1.94. The van der Waals surface area contributed by atoms with Crippen molar-refractivity contribution in [3.8, 4) is 0 Å². The van der Waals surface area contributed by atoms with Crippen molar-refractivity contribution in [1.29, 1.82) is 0 Å². The first-order valence-electron chi connectivity index (χ1n) is 5.72. The van der Waals surface area contributed by atoms with E-state index in [0.717, 1.165) is 24.7 Å². The van der Waals surface area contributed by atoms with Gasteiger partial charge in [-0.3, -0.25) is 0 Å². The summed E-state index contributed by atoms with van der Waals surface area (Å²) in [6.07, 6.45) is 2.08. The van der Waals surface area contributed by atoms with Crippen LogP contribution in [0.1, 0.15) is 44.9 Å². The van der Waals surface area contributed by atoms with Gasteiger partial charge in [0.1, 0.15) is 0 Å². The number of rotatable bonds is 3. The molecule has 2 heterocycles. The molecule has 0 saturated carbocycles. The Kier molecular flexibility index (Phi) is 3.05. The van der Waals surface area contributed by atoms with Crippen molar-refractivity contribution in [3.05, 3.63) is 11.7 Å². The minimum Gasteiger partial charge on any atom is -0.338 e. The Balaban J connectivity index is 2.06. The highest BCUT2D eigenvalue weighted by molar-refractivity contribution is 4.98. The van der Waals surface area contributed by atoms with Gasteiger partial charge in [0.15, 0.2) is 5.82 Å². The minimum absolute atomic E-state index is 0.262. The first-order valence-corrected chi connectivity index (χ1v) is 5.72. The summed E-state index contributed by atoms with van der Waals surface area (Å²) in [4.78, 5) is 4.44. The van der Waals surface area contributed by atoms with E-state index in [0.29, 0.717) is 11.8 Å². The zero-order chi connectivity index (χ0) is 10.8. The largest absolute Gasteiger partial charge is 0.338 e. The van der Waals surface area contributed by atoms with Crippen molar-refractivity contribution in [2.45, 2.75) is 39.7 Å². The highest BCUT2D eigenvalue weighted by Crippen LogP contribution is 2.27. The fourth-order valence-electron chi connectivity index (χ4n) is 2.01. The van der Waals surface area contributed by atoms with E-state index in [4.69, 9.17) is 4.52 Å². The molecule has 0 bridgehead atoms. The molecule has 1 N–H and O–H groups in total. The van der Waals surface area contributed by atoms with Crippen molar-refractivity contribution in [2.75, 3.05) is 6.54 Å². The maximum absolute atomic E-state index is 5.30. The average molecular weight is 209 g/mol. The van der Waals surface area contributed by atoms with E-state index < -0.39 is 0 Å². The van der Waals surface area contributed by atoms with Gasteiger partial charge >= 0.3 is 0 Å². The molecule has 1 aliphatic heterocycles. The molecule has 1 saturated heterocycles. The molecule has 84 valence electrons. The van der Waals surface area contributed by atoms with Crippen molar-refractivity contribution >= 4 is 0 Å². The summed E-state index contributed by atoms with van der Waals surface area (Å²) >= 11 is 0. The van der Waals surface area contributed by atoms with E-state index in [9.17, 15) is 0 Å². The molecule has 2 rings (SSSR count). The van der Waals surface area contributed by atoms with Gasteiger partial charge in [-0.2, -0.15) is 4.98 Å². The van der Waals surface area contributed by atoms with Crippen molar-refractivity contribution in [1.82, 2.24) is 15.5 Å². The highest BCUT2D eigenvalue weighted by atomic mass is 16.5. The second kappa shape index (κ2) is 4.31. The lowest BCUT2D eigenvalue weighted by molar-refractivity contribution is 0.316. The Morgan fingerprint density at radius 3 is 2.93 bits per heavy atom. The lowest BCUT2D eigenvalue weighted by atomic mass is 10.0. The van der Waals surface area contributed by atoms with Gasteiger partial charge in [0.05, 0.1) is 6.04 Å². The second-order valence-electron chi connectivity index (χ2n) is 4.84. The number of nitrogens with zero attached hydrogens (tertiary/aromatic N) is 2. The number of aromatic nitrogens is 2. The molecule has 4 heteroatoms. The Morgan fingerprint density at radius 1 is 1.53 bits per heavy atom. The molecule has 2 unspecified atom stereocenters. The van der Waals surface area contributed by atoms with Crippen LogP contribution in [0.15, 0.2) is 4.52 Å². The average Bonchev–Trinajstić information content (AvgIpc) is 2.72. The molecule has 1 aromatic rings. The van der Waals surface area contributed by atoms with E-state index in [-0.39, 0.29) is 6.04 Å². The Morgan fingerprint density at radius 2 is 2.33 bits per heavy atom. The minimum atomic E-state index is 0.262. The van der Waals surface area contributed by atoms with E-state index in [2.05, 4.69) is 36.2 Å². The smallest absolute Gasteiger partial charge is 0.244 e. The summed E-state index contributed by atoms with van der Waals surface area (Å²) in [7, 11) is 0. The SMILES string of the molecule is CC(C)Cc1noc(C2NCCC2C)n1. The summed E-state index contributed by atoms with van der Waals surface area (Å²) in [5.41, 5.74) is 0. The lowest BCUT2D eigenvalue weighted by Crippen LogP contribution is -2.16. The van der Waals surface area contributed by atoms with Gasteiger partial charge in [0, 0.05) is 6.42 Å². The quantitative estimate of drug-likeness (QED) is 0.826. The van der Waals surface area contributed by atoms with Crippen molar-refractivity contribution < 1.29 is 4.52 Å². The van der Waals surface area contributed by atoms with Gasteiger partial charge in [0.25, 0.3) is 0 Å². The van der Waals surface area contributed by atoms with Crippen LogP contribution in [0, 0.1) is 11.8 Å². The van der Waals surface area contributed by atoms with Gasteiger partial charge in [-0.25, -0.2) is 0 Å². The van der Waals surface area contributed by atoms with Crippen LogP contribution in [-0.2, 0) is 6.42 Å². The molecular formula is C11H19N3O. The Bertz CT molecular complexity index is 321. The monoisotopic (exact) mass is 209 g/mol. The van der Waals surface area contributed by atoms with Gasteiger partial charge in [-0.1, -0.05) is 25.9 Å². The molecule has 4 nitrogen and oxygen atoms in total. The third-order valence-corrected chi connectivity index (χ3v) is 2.87. The van der Waals surface area contributed by atoms with Crippen LogP contribution in [0.4, 0.5) is 0 Å². The molecule has 15 heavy (non-hydrogen) atoms. The van der Waals surface area contributed by atoms with Gasteiger partial charge < -0.3 is 9.84 Å². The van der Waals surface area contributed by atoms with Crippen LogP contribution in [0.2, 0.25) is 0 Å². The normalized spacial score (nSPS) is 26.4. The van der Waals surface area contributed by atoms with Crippen LogP contribution in [0.3, 0.4) is 0 Å². The first-order chi connectivity index (χ1) is 7.16. The molecule has 0 aromatic carbocycles. The summed E-state index contributed by atoms with van der Waals surface area (Å²) in [6.45, 7) is 7.59. The Labute approximate surface area is 90.4 Å². The first kappa shape index (κ1) is 10.6. The van der Waals surface area contributed by atoms with Crippen molar-refractivity contribution in [2.24, 2.45) is 11.8 Å². The van der Waals surface area contributed by atoms with Crippen LogP contribution in [0.25, 0.3) is 0 Å². The zero-order valence-electron chi connectivity index (χ0n) is 9.66. The topological polar surface area (TPSA) is 51.0 Å². The van der Waals surface area contributed by atoms with Crippen LogP contribution in [-0.4, -0.2) is 16.7 Å². The zero-order valence-corrected chi connectivity index (χ0v) is 9.66. The fraction of sp³-hybridized carbons (Fsp3) is 0.818. The third kappa shape index (κ3) is 2.37. The van der Waals surface area contributed by atoms with Crippen molar-refractivity contribution in [3.63, 3.8) is 0 Å². The highest BCUT2D eigenvalue weighted by Gasteiger charge is 2.29. The summed E-state index contributed by atoms with van der Waals surface area (Å²) in [5.74, 6) is 2.76. The van der Waals surface area contributed by atoms with Gasteiger partial charge in [0.2, 0.25) is 5.89 Å². The maximum Gasteiger partial charge on any atom is 0.244 e. The molecule has 2 atom stereocenters.